The molecule has 5 nitrogen and oxygen atoms in total. The zero-order valence-electron chi connectivity index (χ0n) is 10.9. The van der Waals surface area contributed by atoms with Gasteiger partial charge in [0, 0.05) is 11.1 Å². The van der Waals surface area contributed by atoms with Gasteiger partial charge in [-0.1, -0.05) is 31.9 Å². The van der Waals surface area contributed by atoms with Gasteiger partial charge in [0.15, 0.2) is 0 Å². The van der Waals surface area contributed by atoms with Crippen LogP contribution >= 0.6 is 0 Å². The van der Waals surface area contributed by atoms with E-state index in [1.807, 2.05) is 0 Å². The van der Waals surface area contributed by atoms with E-state index < -0.39 is 17.8 Å². The minimum absolute atomic E-state index is 0.106. The lowest BCUT2D eigenvalue weighted by molar-refractivity contribution is -0.138. The lowest BCUT2D eigenvalue weighted by atomic mass is 10.1. The Bertz CT molecular complexity index is 446. The Kier molecular flexibility index (Phi) is 7.53. The molecule has 0 heterocycles. The molecular formula is C14H17NO4. The normalized spacial score (nSPS) is 10.3. The van der Waals surface area contributed by atoms with Crippen LogP contribution in [0.5, 0.6) is 0 Å². The predicted molar refractivity (Wildman–Crippen MR) is 72.0 cm³/mol. The number of ether oxygens (including phenoxy) is 1. The number of esters is 1. The first-order valence-electron chi connectivity index (χ1n) is 5.52. The van der Waals surface area contributed by atoms with Gasteiger partial charge in [-0.2, -0.15) is 0 Å². The van der Waals surface area contributed by atoms with E-state index in [0.29, 0.717) is 5.57 Å². The Labute approximate surface area is 112 Å². The van der Waals surface area contributed by atoms with Crippen molar-refractivity contribution in [1.82, 2.24) is 5.32 Å². The molecule has 0 fully saturated rings. The minimum atomic E-state index is -0.582. The first kappa shape index (κ1) is 16.6. The minimum Gasteiger partial charge on any atom is -0.458 e. The summed E-state index contributed by atoms with van der Waals surface area (Å²) in [5.41, 5.74) is 0.511. The molecule has 0 saturated heterocycles. The SMILES string of the molecule is C=CCOC(=O)C(=C)CC=C(C)C(=O)NC(=O)C=C. The Balaban J connectivity index is 4.38. The molecule has 19 heavy (non-hydrogen) atoms. The number of nitrogens with one attached hydrogen (secondary N) is 1. The van der Waals surface area contributed by atoms with Gasteiger partial charge < -0.3 is 4.74 Å². The lowest BCUT2D eigenvalue weighted by Crippen LogP contribution is -2.29. The first-order chi connectivity index (χ1) is 8.92. The number of amides is 2. The van der Waals surface area contributed by atoms with Crippen molar-refractivity contribution in [3.05, 3.63) is 49.1 Å². The van der Waals surface area contributed by atoms with Crippen LogP contribution in [0.4, 0.5) is 0 Å². The Morgan fingerprint density at radius 1 is 1.26 bits per heavy atom. The van der Waals surface area contributed by atoms with Gasteiger partial charge in [-0.15, -0.1) is 0 Å². The third-order valence-electron chi connectivity index (χ3n) is 2.06. The van der Waals surface area contributed by atoms with Crippen LogP contribution in [0.1, 0.15) is 13.3 Å². The second kappa shape index (κ2) is 8.63. The van der Waals surface area contributed by atoms with Crippen LogP contribution in [-0.2, 0) is 19.1 Å². The van der Waals surface area contributed by atoms with Gasteiger partial charge in [-0.3, -0.25) is 14.9 Å². The number of allylic oxidation sites excluding steroid dienone is 1. The molecule has 0 spiro atoms. The molecule has 5 heteroatoms. The van der Waals surface area contributed by atoms with E-state index >= 15 is 0 Å². The van der Waals surface area contributed by atoms with E-state index in [-0.39, 0.29) is 18.6 Å². The van der Waals surface area contributed by atoms with Crippen molar-refractivity contribution in [3.63, 3.8) is 0 Å². The maximum Gasteiger partial charge on any atom is 0.334 e. The van der Waals surface area contributed by atoms with Gasteiger partial charge in [-0.25, -0.2) is 4.79 Å². The summed E-state index contributed by atoms with van der Waals surface area (Å²) >= 11 is 0. The summed E-state index contributed by atoms with van der Waals surface area (Å²) in [6, 6.07) is 0. The van der Waals surface area contributed by atoms with Crippen LogP contribution in [-0.4, -0.2) is 24.4 Å². The summed E-state index contributed by atoms with van der Waals surface area (Å²) in [4.78, 5) is 33.7. The van der Waals surface area contributed by atoms with Gasteiger partial charge in [0.2, 0.25) is 5.91 Å². The summed E-state index contributed by atoms with van der Waals surface area (Å²) in [6.45, 7) is 11.8. The molecule has 0 radical (unpaired) electrons. The number of hydrogen-bond donors (Lipinski definition) is 1. The highest BCUT2D eigenvalue weighted by Gasteiger charge is 2.09. The van der Waals surface area contributed by atoms with E-state index in [9.17, 15) is 14.4 Å². The van der Waals surface area contributed by atoms with Crippen molar-refractivity contribution in [2.24, 2.45) is 0 Å². The predicted octanol–water partition coefficient (Wildman–Crippen LogP) is 1.44. The Morgan fingerprint density at radius 2 is 1.89 bits per heavy atom. The maximum atomic E-state index is 11.5. The zero-order valence-corrected chi connectivity index (χ0v) is 10.9. The standard InChI is InChI=1S/C14H17NO4/c1-5-9-19-14(18)11(4)8-7-10(3)13(17)15-12(16)6-2/h5-7H,1-2,4,8-9H2,3H3,(H,15,16,17). The summed E-state index contributed by atoms with van der Waals surface area (Å²) < 4.78 is 4.77. The fourth-order valence-electron chi connectivity index (χ4n) is 0.951. The molecule has 0 atom stereocenters. The van der Waals surface area contributed by atoms with E-state index in [1.165, 1.54) is 19.1 Å². The van der Waals surface area contributed by atoms with Crippen LogP contribution in [0.3, 0.4) is 0 Å². The third kappa shape index (κ3) is 6.78. The van der Waals surface area contributed by atoms with Gasteiger partial charge in [0.25, 0.3) is 5.91 Å². The summed E-state index contributed by atoms with van der Waals surface area (Å²) in [5, 5.41) is 2.09. The maximum absolute atomic E-state index is 11.5. The van der Waals surface area contributed by atoms with Crippen molar-refractivity contribution < 1.29 is 19.1 Å². The lowest BCUT2D eigenvalue weighted by Gasteiger charge is -2.04. The van der Waals surface area contributed by atoms with Crippen LogP contribution in [0.2, 0.25) is 0 Å². The zero-order chi connectivity index (χ0) is 14.8. The van der Waals surface area contributed by atoms with Crippen LogP contribution in [0, 0.1) is 0 Å². The van der Waals surface area contributed by atoms with Crippen LogP contribution in [0.15, 0.2) is 49.1 Å². The van der Waals surface area contributed by atoms with Crippen molar-refractivity contribution in [1.29, 1.82) is 0 Å². The molecule has 2 amide bonds. The molecule has 0 saturated carbocycles. The van der Waals surface area contributed by atoms with E-state index in [4.69, 9.17) is 4.74 Å². The van der Waals surface area contributed by atoms with E-state index in [1.54, 1.807) is 0 Å². The Morgan fingerprint density at radius 3 is 2.42 bits per heavy atom. The summed E-state index contributed by atoms with van der Waals surface area (Å²) in [5.74, 6) is -1.68. The van der Waals surface area contributed by atoms with E-state index in [0.717, 1.165) is 6.08 Å². The average Bonchev–Trinajstić information content (AvgIpc) is 2.40. The average molecular weight is 263 g/mol. The molecule has 0 aliphatic heterocycles. The molecule has 0 bridgehead atoms. The number of carbonyl (C=O) groups is 3. The van der Waals surface area contributed by atoms with Gasteiger partial charge in [0.1, 0.15) is 6.61 Å². The molecule has 0 aromatic rings. The van der Waals surface area contributed by atoms with E-state index in [2.05, 4.69) is 25.1 Å². The highest BCUT2D eigenvalue weighted by atomic mass is 16.5. The number of imide groups is 1. The topological polar surface area (TPSA) is 72.5 Å². The molecule has 0 aromatic carbocycles. The molecule has 0 aromatic heterocycles. The highest BCUT2D eigenvalue weighted by Crippen LogP contribution is 2.05. The molecule has 1 N–H and O–H groups in total. The van der Waals surface area contributed by atoms with Crippen molar-refractivity contribution >= 4 is 17.8 Å². The fourth-order valence-corrected chi connectivity index (χ4v) is 0.951. The molecule has 0 unspecified atom stereocenters. The quantitative estimate of drug-likeness (QED) is 0.428. The molecule has 102 valence electrons. The van der Waals surface area contributed by atoms with Crippen LogP contribution < -0.4 is 5.32 Å². The van der Waals surface area contributed by atoms with Gasteiger partial charge in [-0.05, 0) is 19.4 Å². The molecular weight excluding hydrogens is 246 g/mol. The molecule has 0 rings (SSSR count). The Hall–Kier alpha value is -2.43. The number of carbonyl (C=O) groups excluding carboxylic acids is 3. The monoisotopic (exact) mass is 263 g/mol. The van der Waals surface area contributed by atoms with Crippen molar-refractivity contribution in [2.45, 2.75) is 13.3 Å². The van der Waals surface area contributed by atoms with Gasteiger partial charge in [0.05, 0.1) is 0 Å². The summed E-state index contributed by atoms with van der Waals surface area (Å²) in [7, 11) is 0. The number of rotatable bonds is 7. The second-order valence-corrected chi connectivity index (χ2v) is 3.60. The first-order valence-corrected chi connectivity index (χ1v) is 5.52. The molecule has 0 aliphatic rings. The van der Waals surface area contributed by atoms with Crippen molar-refractivity contribution in [2.75, 3.05) is 6.61 Å². The van der Waals surface area contributed by atoms with Crippen molar-refractivity contribution in [3.8, 4) is 0 Å². The van der Waals surface area contributed by atoms with Crippen LogP contribution in [0.25, 0.3) is 0 Å². The van der Waals surface area contributed by atoms with Gasteiger partial charge >= 0.3 is 5.97 Å². The summed E-state index contributed by atoms with van der Waals surface area (Å²) in [6.07, 6.45) is 4.10. The third-order valence-corrected chi connectivity index (χ3v) is 2.06. The fraction of sp³-hybridized carbons (Fsp3) is 0.214. The largest absolute Gasteiger partial charge is 0.458 e. The molecule has 0 aliphatic carbocycles. The smallest absolute Gasteiger partial charge is 0.334 e. The second-order valence-electron chi connectivity index (χ2n) is 3.60. The highest BCUT2D eigenvalue weighted by molar-refractivity contribution is 6.07. The number of hydrogen-bond acceptors (Lipinski definition) is 4.